The van der Waals surface area contributed by atoms with Crippen molar-refractivity contribution in [2.45, 2.75) is 25.4 Å². The summed E-state index contributed by atoms with van der Waals surface area (Å²) < 4.78 is 16.7. The van der Waals surface area contributed by atoms with Crippen LogP contribution in [0.15, 0.2) is 53.7 Å². The topological polar surface area (TPSA) is 46.9 Å². The standard InChI is InChI=1S/C21H28N2O3/c1-3-12-25-20-9-8-17(14-21(20)24-2)15-22-16-18(19-7-6-13-26-19)23-10-4-5-11-23/h3,6-9,13-14,18,22H,1,4-5,10-12,15-16H2,2H3. The van der Waals surface area contributed by atoms with Crippen molar-refractivity contribution >= 4 is 0 Å². The average molecular weight is 356 g/mol. The Kier molecular flexibility index (Phi) is 6.75. The summed E-state index contributed by atoms with van der Waals surface area (Å²) in [7, 11) is 1.66. The fraction of sp³-hybridized carbons (Fsp3) is 0.429. The van der Waals surface area contributed by atoms with Gasteiger partial charge in [0, 0.05) is 13.1 Å². The van der Waals surface area contributed by atoms with E-state index in [9.17, 15) is 0 Å². The van der Waals surface area contributed by atoms with Crippen LogP contribution >= 0.6 is 0 Å². The molecule has 0 spiro atoms. The second-order valence-corrected chi connectivity index (χ2v) is 6.49. The maximum atomic E-state index is 5.67. The number of hydrogen-bond acceptors (Lipinski definition) is 5. The van der Waals surface area contributed by atoms with E-state index in [4.69, 9.17) is 13.9 Å². The molecule has 5 nitrogen and oxygen atoms in total. The quantitative estimate of drug-likeness (QED) is 0.657. The zero-order valence-electron chi connectivity index (χ0n) is 15.4. The molecule has 1 fully saturated rings. The Morgan fingerprint density at radius 3 is 2.81 bits per heavy atom. The molecule has 0 amide bonds. The Balaban J connectivity index is 1.59. The Hall–Kier alpha value is -2.24. The van der Waals surface area contributed by atoms with Crippen LogP contribution in [0, 0.1) is 0 Å². The number of likely N-dealkylation sites (tertiary alicyclic amines) is 1. The second-order valence-electron chi connectivity index (χ2n) is 6.49. The molecule has 0 saturated carbocycles. The monoisotopic (exact) mass is 356 g/mol. The van der Waals surface area contributed by atoms with Crippen molar-refractivity contribution in [3.63, 3.8) is 0 Å². The summed E-state index contributed by atoms with van der Waals surface area (Å²) in [5.41, 5.74) is 1.16. The van der Waals surface area contributed by atoms with Gasteiger partial charge in [-0.1, -0.05) is 18.7 Å². The van der Waals surface area contributed by atoms with Gasteiger partial charge in [0.1, 0.15) is 12.4 Å². The van der Waals surface area contributed by atoms with E-state index in [-0.39, 0.29) is 6.04 Å². The molecule has 5 heteroatoms. The van der Waals surface area contributed by atoms with E-state index in [1.165, 1.54) is 12.8 Å². The lowest BCUT2D eigenvalue weighted by atomic mass is 10.1. The zero-order chi connectivity index (χ0) is 18.2. The summed E-state index contributed by atoms with van der Waals surface area (Å²) in [5, 5.41) is 3.57. The van der Waals surface area contributed by atoms with Gasteiger partial charge in [0.2, 0.25) is 0 Å². The number of nitrogens with one attached hydrogen (secondary N) is 1. The van der Waals surface area contributed by atoms with Crippen LogP contribution in [0.25, 0.3) is 0 Å². The molecule has 0 aliphatic carbocycles. The number of benzene rings is 1. The Labute approximate surface area is 155 Å². The summed E-state index contributed by atoms with van der Waals surface area (Å²) >= 11 is 0. The molecule has 3 rings (SSSR count). The van der Waals surface area contributed by atoms with Gasteiger partial charge in [-0.2, -0.15) is 0 Å². The second kappa shape index (κ2) is 9.46. The van der Waals surface area contributed by atoms with Crippen molar-refractivity contribution in [3.8, 4) is 11.5 Å². The van der Waals surface area contributed by atoms with Crippen LogP contribution in [-0.2, 0) is 6.54 Å². The highest BCUT2D eigenvalue weighted by Crippen LogP contribution is 2.28. The normalized spacial score (nSPS) is 15.7. The maximum Gasteiger partial charge on any atom is 0.161 e. The third-order valence-electron chi connectivity index (χ3n) is 4.70. The number of hydrogen-bond donors (Lipinski definition) is 1. The minimum Gasteiger partial charge on any atom is -0.493 e. The third-order valence-corrected chi connectivity index (χ3v) is 4.70. The first-order valence-electron chi connectivity index (χ1n) is 9.20. The molecule has 26 heavy (non-hydrogen) atoms. The molecule has 2 heterocycles. The number of nitrogens with zero attached hydrogens (tertiary/aromatic N) is 1. The molecular weight excluding hydrogens is 328 g/mol. The van der Waals surface area contributed by atoms with Crippen molar-refractivity contribution in [1.82, 2.24) is 10.2 Å². The average Bonchev–Trinajstić information content (AvgIpc) is 3.38. The van der Waals surface area contributed by atoms with Gasteiger partial charge < -0.3 is 19.2 Å². The first-order valence-corrected chi connectivity index (χ1v) is 9.20. The Morgan fingerprint density at radius 2 is 2.12 bits per heavy atom. The molecule has 1 atom stereocenters. The van der Waals surface area contributed by atoms with Crippen LogP contribution in [0.1, 0.15) is 30.2 Å². The molecule has 1 aliphatic rings. The van der Waals surface area contributed by atoms with Gasteiger partial charge in [-0.25, -0.2) is 0 Å². The lowest BCUT2D eigenvalue weighted by Gasteiger charge is -2.26. The molecule has 1 aromatic carbocycles. The van der Waals surface area contributed by atoms with Crippen LogP contribution in [0.2, 0.25) is 0 Å². The van der Waals surface area contributed by atoms with Crippen LogP contribution < -0.4 is 14.8 Å². The lowest BCUT2D eigenvalue weighted by molar-refractivity contribution is 0.209. The first kappa shape index (κ1) is 18.5. The fourth-order valence-corrected chi connectivity index (χ4v) is 3.39. The van der Waals surface area contributed by atoms with E-state index < -0.39 is 0 Å². The van der Waals surface area contributed by atoms with Crippen LogP contribution in [0.4, 0.5) is 0 Å². The number of ether oxygens (including phenoxy) is 2. The van der Waals surface area contributed by atoms with Gasteiger partial charge in [-0.05, 0) is 55.8 Å². The highest BCUT2D eigenvalue weighted by atomic mass is 16.5. The number of rotatable bonds is 10. The van der Waals surface area contributed by atoms with Gasteiger partial charge in [-0.3, -0.25) is 4.90 Å². The smallest absolute Gasteiger partial charge is 0.161 e. The van der Waals surface area contributed by atoms with Crippen molar-refractivity contribution in [3.05, 3.63) is 60.6 Å². The van der Waals surface area contributed by atoms with Crippen molar-refractivity contribution in [1.29, 1.82) is 0 Å². The largest absolute Gasteiger partial charge is 0.493 e. The SMILES string of the molecule is C=CCOc1ccc(CNCC(c2ccco2)N2CCCC2)cc1OC. The lowest BCUT2D eigenvalue weighted by Crippen LogP contribution is -2.33. The number of methoxy groups -OCH3 is 1. The van der Waals surface area contributed by atoms with Gasteiger partial charge in [0.15, 0.2) is 11.5 Å². The van der Waals surface area contributed by atoms with Crippen LogP contribution in [0.3, 0.4) is 0 Å². The van der Waals surface area contributed by atoms with Gasteiger partial charge in [0.25, 0.3) is 0 Å². The van der Waals surface area contributed by atoms with E-state index >= 15 is 0 Å². The van der Waals surface area contributed by atoms with Crippen LogP contribution in [-0.4, -0.2) is 38.3 Å². The predicted molar refractivity (Wildman–Crippen MR) is 103 cm³/mol. The van der Waals surface area contributed by atoms with E-state index in [1.807, 2.05) is 18.2 Å². The third kappa shape index (κ3) is 4.68. The minimum absolute atomic E-state index is 0.282. The van der Waals surface area contributed by atoms with E-state index in [0.717, 1.165) is 49.0 Å². The first-order chi connectivity index (χ1) is 12.8. The summed E-state index contributed by atoms with van der Waals surface area (Å²) in [4.78, 5) is 2.50. The van der Waals surface area contributed by atoms with E-state index in [2.05, 4.69) is 28.9 Å². The molecule has 1 unspecified atom stereocenters. The summed E-state index contributed by atoms with van der Waals surface area (Å²) in [6.07, 6.45) is 6.01. The highest BCUT2D eigenvalue weighted by Gasteiger charge is 2.25. The van der Waals surface area contributed by atoms with E-state index in [1.54, 1.807) is 19.4 Å². The van der Waals surface area contributed by atoms with Crippen LogP contribution in [0.5, 0.6) is 11.5 Å². The molecule has 1 aliphatic heterocycles. The zero-order valence-corrected chi connectivity index (χ0v) is 15.4. The van der Waals surface area contributed by atoms with Crippen molar-refractivity contribution in [2.24, 2.45) is 0 Å². The molecule has 0 bridgehead atoms. The molecule has 1 N–H and O–H groups in total. The summed E-state index contributed by atoms with van der Waals surface area (Å²) in [5.74, 6) is 2.51. The Bertz CT molecular complexity index is 679. The van der Waals surface area contributed by atoms with Gasteiger partial charge in [-0.15, -0.1) is 0 Å². The predicted octanol–water partition coefficient (Wildman–Crippen LogP) is 3.78. The highest BCUT2D eigenvalue weighted by molar-refractivity contribution is 5.43. The molecule has 140 valence electrons. The molecule has 0 radical (unpaired) electrons. The molecular formula is C21H28N2O3. The number of furan rings is 1. The Morgan fingerprint density at radius 1 is 1.27 bits per heavy atom. The van der Waals surface area contributed by atoms with Gasteiger partial charge >= 0.3 is 0 Å². The maximum absolute atomic E-state index is 5.67. The molecule has 1 saturated heterocycles. The molecule has 2 aromatic rings. The fourth-order valence-electron chi connectivity index (χ4n) is 3.39. The summed E-state index contributed by atoms with van der Waals surface area (Å²) in [6, 6.07) is 10.3. The molecule has 1 aromatic heterocycles. The van der Waals surface area contributed by atoms with Crippen molar-refractivity contribution < 1.29 is 13.9 Å². The van der Waals surface area contributed by atoms with E-state index in [0.29, 0.717) is 6.61 Å². The van der Waals surface area contributed by atoms with Gasteiger partial charge in [0.05, 0.1) is 19.4 Å². The minimum atomic E-state index is 0.282. The summed E-state index contributed by atoms with van der Waals surface area (Å²) in [6.45, 7) is 8.03. The van der Waals surface area contributed by atoms with Crippen molar-refractivity contribution in [2.75, 3.05) is 33.4 Å².